The maximum atomic E-state index is 4.95. The van der Waals surface area contributed by atoms with Gasteiger partial charge < -0.3 is 15.0 Å². The highest BCUT2D eigenvalue weighted by molar-refractivity contribution is 14.1. The molecule has 0 aliphatic heterocycles. The highest BCUT2D eigenvalue weighted by atomic mass is 127. The van der Waals surface area contributed by atoms with Gasteiger partial charge in [-0.15, -0.1) is 0 Å². The highest BCUT2D eigenvalue weighted by Gasteiger charge is 2.05. The Bertz CT molecular complexity index is 311. The van der Waals surface area contributed by atoms with Crippen LogP contribution in [0.1, 0.15) is 0 Å². The van der Waals surface area contributed by atoms with Gasteiger partial charge in [-0.05, 0) is 22.6 Å². The van der Waals surface area contributed by atoms with Crippen LogP contribution in [0, 0.1) is 3.57 Å². The van der Waals surface area contributed by atoms with Crippen LogP contribution in [0.3, 0.4) is 0 Å². The quantitative estimate of drug-likeness (QED) is 0.588. The van der Waals surface area contributed by atoms with E-state index in [1.807, 2.05) is 13.2 Å². The normalized spacial score (nSPS) is 10.4. The second kappa shape index (κ2) is 7.75. The number of halogens is 1. The second-order valence-electron chi connectivity index (χ2n) is 3.36. The molecular weight excluding hydrogens is 319 g/mol. The fourth-order valence-corrected chi connectivity index (χ4v) is 1.95. The van der Waals surface area contributed by atoms with E-state index in [0.29, 0.717) is 0 Å². The Labute approximate surface area is 110 Å². The molecule has 6 heteroatoms. The third kappa shape index (κ3) is 4.58. The molecule has 1 aromatic heterocycles. The van der Waals surface area contributed by atoms with E-state index >= 15 is 0 Å². The van der Waals surface area contributed by atoms with Crippen LogP contribution >= 0.6 is 22.6 Å². The van der Waals surface area contributed by atoms with Crippen LogP contribution in [0.15, 0.2) is 12.5 Å². The van der Waals surface area contributed by atoms with Crippen molar-refractivity contribution in [2.24, 2.45) is 0 Å². The Kier molecular flexibility index (Phi) is 6.58. The van der Waals surface area contributed by atoms with Gasteiger partial charge in [0.2, 0.25) is 0 Å². The molecule has 0 bridgehead atoms. The summed E-state index contributed by atoms with van der Waals surface area (Å²) >= 11 is 2.24. The minimum absolute atomic E-state index is 0.745. The zero-order valence-corrected chi connectivity index (χ0v) is 11.8. The first-order valence-corrected chi connectivity index (χ1v) is 6.20. The van der Waals surface area contributed by atoms with E-state index in [-0.39, 0.29) is 0 Å². The van der Waals surface area contributed by atoms with Gasteiger partial charge in [0.05, 0.1) is 10.2 Å². The van der Waals surface area contributed by atoms with Crippen LogP contribution in [0.2, 0.25) is 0 Å². The molecule has 0 saturated carbocycles. The second-order valence-corrected chi connectivity index (χ2v) is 4.52. The topological polar surface area (TPSA) is 50.3 Å². The first-order valence-electron chi connectivity index (χ1n) is 5.12. The molecular formula is C10H17IN4O. The highest BCUT2D eigenvalue weighted by Crippen LogP contribution is 2.15. The summed E-state index contributed by atoms with van der Waals surface area (Å²) in [6.45, 7) is 3.45. The standard InChI is InChI=1S/C10H17IN4O/c1-15(5-3-12-4-6-16-2)10-9(11)7-13-8-14-10/h7-8,12H,3-6H2,1-2H3. The van der Waals surface area contributed by atoms with E-state index in [2.05, 4.69) is 42.8 Å². The number of nitrogens with one attached hydrogen (secondary N) is 1. The molecule has 90 valence electrons. The first kappa shape index (κ1) is 13.6. The van der Waals surface area contributed by atoms with Gasteiger partial charge in [0.1, 0.15) is 12.1 Å². The molecule has 0 aliphatic carbocycles. The third-order valence-corrected chi connectivity index (χ3v) is 2.88. The molecule has 0 amide bonds. The van der Waals surface area contributed by atoms with Crippen molar-refractivity contribution in [3.63, 3.8) is 0 Å². The summed E-state index contributed by atoms with van der Waals surface area (Å²) in [5, 5.41) is 3.29. The molecule has 0 atom stereocenters. The summed E-state index contributed by atoms with van der Waals surface area (Å²) < 4.78 is 6.02. The summed E-state index contributed by atoms with van der Waals surface area (Å²) in [6, 6.07) is 0. The Balaban J connectivity index is 2.30. The van der Waals surface area contributed by atoms with E-state index < -0.39 is 0 Å². The van der Waals surface area contributed by atoms with Crippen molar-refractivity contribution in [2.75, 3.05) is 45.3 Å². The molecule has 1 aromatic rings. The number of likely N-dealkylation sites (N-methyl/N-ethyl adjacent to an activating group) is 1. The lowest BCUT2D eigenvalue weighted by atomic mass is 10.4. The van der Waals surface area contributed by atoms with Gasteiger partial charge >= 0.3 is 0 Å². The molecule has 0 saturated heterocycles. The van der Waals surface area contributed by atoms with Crippen LogP contribution < -0.4 is 10.2 Å². The average molecular weight is 336 g/mol. The lowest BCUT2D eigenvalue weighted by Crippen LogP contribution is -2.31. The van der Waals surface area contributed by atoms with Crippen LogP contribution in [0.5, 0.6) is 0 Å². The Morgan fingerprint density at radius 1 is 1.50 bits per heavy atom. The first-order chi connectivity index (χ1) is 7.75. The van der Waals surface area contributed by atoms with Gasteiger partial charge in [-0.25, -0.2) is 9.97 Å². The fourth-order valence-electron chi connectivity index (χ4n) is 1.24. The predicted octanol–water partition coefficient (Wildman–Crippen LogP) is 0.753. The molecule has 0 radical (unpaired) electrons. The Hall–Kier alpha value is -0.470. The summed E-state index contributed by atoms with van der Waals surface area (Å²) in [4.78, 5) is 10.3. The SMILES string of the molecule is COCCNCCN(C)c1ncncc1I. The summed E-state index contributed by atoms with van der Waals surface area (Å²) in [5.41, 5.74) is 0. The molecule has 5 nitrogen and oxygen atoms in total. The molecule has 1 N–H and O–H groups in total. The molecule has 16 heavy (non-hydrogen) atoms. The van der Waals surface area contributed by atoms with E-state index in [1.165, 1.54) is 0 Å². The van der Waals surface area contributed by atoms with E-state index in [0.717, 1.165) is 35.6 Å². The third-order valence-electron chi connectivity index (χ3n) is 2.12. The van der Waals surface area contributed by atoms with Gasteiger partial charge in [0.15, 0.2) is 0 Å². The maximum Gasteiger partial charge on any atom is 0.145 e. The van der Waals surface area contributed by atoms with Crippen molar-refractivity contribution < 1.29 is 4.74 Å². The van der Waals surface area contributed by atoms with Gasteiger partial charge in [-0.3, -0.25) is 0 Å². The minimum Gasteiger partial charge on any atom is -0.383 e. The molecule has 0 unspecified atom stereocenters. The monoisotopic (exact) mass is 336 g/mol. The van der Waals surface area contributed by atoms with Crippen LogP contribution in [-0.2, 0) is 4.74 Å². The smallest absolute Gasteiger partial charge is 0.145 e. The van der Waals surface area contributed by atoms with Gasteiger partial charge in [0, 0.05) is 40.0 Å². The number of methoxy groups -OCH3 is 1. The number of hydrogen-bond acceptors (Lipinski definition) is 5. The molecule has 1 heterocycles. The largest absolute Gasteiger partial charge is 0.383 e. The van der Waals surface area contributed by atoms with Gasteiger partial charge in [0.25, 0.3) is 0 Å². The average Bonchev–Trinajstić information content (AvgIpc) is 2.29. The maximum absolute atomic E-state index is 4.95. The Morgan fingerprint density at radius 3 is 3.00 bits per heavy atom. The zero-order valence-electron chi connectivity index (χ0n) is 9.61. The number of anilines is 1. The molecule has 0 fully saturated rings. The lowest BCUT2D eigenvalue weighted by molar-refractivity contribution is 0.200. The molecule has 0 aliphatic rings. The molecule has 1 rings (SSSR count). The van der Waals surface area contributed by atoms with Crippen molar-refractivity contribution in [1.29, 1.82) is 0 Å². The van der Waals surface area contributed by atoms with E-state index in [1.54, 1.807) is 13.4 Å². The predicted molar refractivity (Wildman–Crippen MR) is 72.8 cm³/mol. The number of aromatic nitrogens is 2. The van der Waals surface area contributed by atoms with Gasteiger partial charge in [-0.1, -0.05) is 0 Å². The van der Waals surface area contributed by atoms with E-state index in [9.17, 15) is 0 Å². The van der Waals surface area contributed by atoms with Crippen molar-refractivity contribution >= 4 is 28.4 Å². The molecule has 0 spiro atoms. The minimum atomic E-state index is 0.745. The number of nitrogens with zero attached hydrogens (tertiary/aromatic N) is 3. The van der Waals surface area contributed by atoms with Crippen LogP contribution in [0.4, 0.5) is 5.82 Å². The Morgan fingerprint density at radius 2 is 2.31 bits per heavy atom. The van der Waals surface area contributed by atoms with Crippen LogP contribution in [0.25, 0.3) is 0 Å². The lowest BCUT2D eigenvalue weighted by Gasteiger charge is -2.19. The summed E-state index contributed by atoms with van der Waals surface area (Å²) in [6.07, 6.45) is 3.39. The zero-order chi connectivity index (χ0) is 11.8. The van der Waals surface area contributed by atoms with Gasteiger partial charge in [-0.2, -0.15) is 0 Å². The van der Waals surface area contributed by atoms with Crippen molar-refractivity contribution in [3.05, 3.63) is 16.1 Å². The summed E-state index contributed by atoms with van der Waals surface area (Å²) in [5.74, 6) is 0.976. The number of hydrogen-bond donors (Lipinski definition) is 1. The van der Waals surface area contributed by atoms with E-state index in [4.69, 9.17) is 4.74 Å². The van der Waals surface area contributed by atoms with Crippen molar-refractivity contribution in [2.45, 2.75) is 0 Å². The fraction of sp³-hybridized carbons (Fsp3) is 0.600. The number of rotatable bonds is 7. The van der Waals surface area contributed by atoms with Crippen molar-refractivity contribution in [1.82, 2.24) is 15.3 Å². The summed E-state index contributed by atoms with van der Waals surface area (Å²) in [7, 11) is 3.74. The van der Waals surface area contributed by atoms with Crippen LogP contribution in [-0.4, -0.2) is 50.4 Å². The number of ether oxygens (including phenoxy) is 1. The van der Waals surface area contributed by atoms with Crippen molar-refractivity contribution in [3.8, 4) is 0 Å². The molecule has 0 aromatic carbocycles.